The van der Waals surface area contributed by atoms with Gasteiger partial charge in [-0.05, 0) is 84.8 Å². The van der Waals surface area contributed by atoms with Crippen LogP contribution in [0, 0.1) is 0 Å². The molecule has 2 aromatic rings. The molecule has 0 spiro atoms. The van der Waals surface area contributed by atoms with E-state index < -0.39 is 11.8 Å². The first-order valence-corrected chi connectivity index (χ1v) is 17.8. The van der Waals surface area contributed by atoms with Gasteiger partial charge in [-0.25, -0.2) is 0 Å². The van der Waals surface area contributed by atoms with Crippen LogP contribution < -0.4 is 0 Å². The molecule has 0 aromatic heterocycles. The van der Waals surface area contributed by atoms with Gasteiger partial charge in [-0.1, -0.05) is 88.4 Å². The smallest absolute Gasteiger partial charge is 0.322 e. The summed E-state index contributed by atoms with van der Waals surface area (Å²) in [7, 11) is 1.73. The minimum absolute atomic E-state index is 0.284. The molecular formula is C36H51BrClF2N3OS. The van der Waals surface area contributed by atoms with Gasteiger partial charge < -0.3 is 4.90 Å². The highest BCUT2D eigenvalue weighted by Crippen LogP contribution is 2.27. The summed E-state index contributed by atoms with van der Waals surface area (Å²) in [5.41, 5.74) is 5.90. The average Bonchev–Trinajstić information content (AvgIpc) is 3.01. The summed E-state index contributed by atoms with van der Waals surface area (Å²) in [4.78, 5) is 22.5. The third-order valence-corrected chi connectivity index (χ3v) is 8.08. The number of allylic oxidation sites excluding steroid dienone is 4. The Kier molecular flexibility index (Phi) is 21.9. The molecule has 9 heteroatoms. The first-order valence-electron chi connectivity index (χ1n) is 15.4. The van der Waals surface area contributed by atoms with Gasteiger partial charge in [0.15, 0.2) is 0 Å². The Bertz CT molecular complexity index is 1310. The highest BCUT2D eigenvalue weighted by atomic mass is 79.9. The fourth-order valence-corrected chi connectivity index (χ4v) is 5.01. The van der Waals surface area contributed by atoms with Gasteiger partial charge in [0, 0.05) is 48.8 Å². The van der Waals surface area contributed by atoms with Gasteiger partial charge in [-0.2, -0.15) is 8.78 Å². The topological polar surface area (TPSA) is 45.0 Å². The van der Waals surface area contributed by atoms with Gasteiger partial charge in [0.2, 0.25) is 0 Å². The zero-order valence-electron chi connectivity index (χ0n) is 28.6. The monoisotopic (exact) mass is 725 g/mol. The summed E-state index contributed by atoms with van der Waals surface area (Å²) >= 11 is 11.3. The van der Waals surface area contributed by atoms with E-state index in [2.05, 4.69) is 39.8 Å². The number of rotatable bonds is 8. The van der Waals surface area contributed by atoms with Crippen LogP contribution in [-0.4, -0.2) is 48.5 Å². The van der Waals surface area contributed by atoms with Gasteiger partial charge in [-0.15, -0.1) is 11.8 Å². The van der Waals surface area contributed by atoms with Gasteiger partial charge in [0.05, 0.1) is 15.9 Å². The van der Waals surface area contributed by atoms with Crippen molar-refractivity contribution in [1.29, 1.82) is 0 Å². The summed E-state index contributed by atoms with van der Waals surface area (Å²) in [6.07, 6.45) is 10.4. The zero-order chi connectivity index (χ0) is 34.6. The summed E-state index contributed by atoms with van der Waals surface area (Å²) in [5, 5.41) is 0.692. The molecule has 1 heterocycles. The lowest BCUT2D eigenvalue weighted by Gasteiger charge is -2.30. The Balaban J connectivity index is 0.000000716. The average molecular weight is 727 g/mol. The Morgan fingerprint density at radius 3 is 2.20 bits per heavy atom. The molecule has 0 fully saturated rings. The summed E-state index contributed by atoms with van der Waals surface area (Å²) in [6.45, 7) is 15.7. The van der Waals surface area contributed by atoms with E-state index in [-0.39, 0.29) is 6.54 Å². The Labute approximate surface area is 288 Å². The first kappa shape index (κ1) is 42.7. The second-order valence-electron chi connectivity index (χ2n) is 10.4. The number of carbonyl (C=O) groups is 1. The molecule has 0 radical (unpaired) electrons. The van der Waals surface area contributed by atoms with Crippen molar-refractivity contribution < 1.29 is 13.6 Å². The number of thioether (sulfide) groups is 1. The van der Waals surface area contributed by atoms with Crippen LogP contribution in [0.3, 0.4) is 0 Å². The third-order valence-electron chi connectivity index (χ3n) is 6.25. The molecule has 3 rings (SSSR count). The molecule has 0 aliphatic carbocycles. The number of benzene rings is 2. The lowest BCUT2D eigenvalue weighted by atomic mass is 9.99. The third kappa shape index (κ3) is 16.2. The molecule has 4 nitrogen and oxygen atoms in total. The molecule has 1 aliphatic rings. The molecule has 0 N–H and O–H groups in total. The van der Waals surface area contributed by atoms with Crippen molar-refractivity contribution in [1.82, 2.24) is 4.90 Å². The Morgan fingerprint density at radius 1 is 1.09 bits per heavy atom. The predicted molar refractivity (Wildman–Crippen MR) is 198 cm³/mol. The number of fused-ring (bicyclic) bond motifs is 1. The quantitative estimate of drug-likeness (QED) is 0.201. The van der Waals surface area contributed by atoms with Crippen molar-refractivity contribution >= 4 is 57.1 Å². The van der Waals surface area contributed by atoms with Crippen LogP contribution in [0.15, 0.2) is 79.2 Å². The summed E-state index contributed by atoms with van der Waals surface area (Å²) in [5.74, 6) is -4.36. The minimum atomic E-state index is -3.28. The highest BCUT2D eigenvalue weighted by Gasteiger charge is 2.37. The number of carbonyl (C=O) groups excluding carboxylic acids is 1. The van der Waals surface area contributed by atoms with E-state index in [1.54, 1.807) is 25.0 Å². The highest BCUT2D eigenvalue weighted by molar-refractivity contribution is 9.12. The van der Waals surface area contributed by atoms with Gasteiger partial charge >= 0.3 is 5.92 Å². The number of amides is 1. The largest absolute Gasteiger partial charge is 0.333 e. The molecule has 0 unspecified atom stereocenters. The van der Waals surface area contributed by atoms with Crippen molar-refractivity contribution in [3.8, 4) is 0 Å². The van der Waals surface area contributed by atoms with Gasteiger partial charge in [0.25, 0.3) is 5.91 Å². The Morgan fingerprint density at radius 2 is 1.71 bits per heavy atom. The van der Waals surface area contributed by atoms with Crippen LogP contribution in [-0.2, 0) is 17.8 Å². The standard InChI is InChI=1S/C16H18BrClN2.C13H15F2NOS.C5H12.C2H6/c1-11(2)9-16(13-7-5-6-8-15(13)18)20-12(3)14(17)10-19-4;1-13(14,15)12(17)16-6-5-9-3-4-11(18-2)7-10(9)8-16;1-3-5-4-2;1-2/h5-10H,1-4H3;3-4,7H,5-6,8H2,1-2H3;3-5H2,1-2H3;1-2H3/b14-12-,19-10?,20-16?;;;. The maximum Gasteiger partial charge on any atom is 0.322 e. The number of aliphatic imine (C=N–C) groups is 2. The van der Waals surface area contributed by atoms with Crippen molar-refractivity contribution in [2.45, 2.75) is 98.4 Å². The van der Waals surface area contributed by atoms with Crippen LogP contribution in [0.5, 0.6) is 0 Å². The van der Waals surface area contributed by atoms with E-state index in [4.69, 9.17) is 11.6 Å². The zero-order valence-corrected chi connectivity index (χ0v) is 31.8. The predicted octanol–water partition coefficient (Wildman–Crippen LogP) is 11.6. The van der Waals surface area contributed by atoms with Crippen LogP contribution in [0.2, 0.25) is 5.02 Å². The number of unbranched alkanes of at least 4 members (excludes halogenated alkanes) is 2. The Hall–Kier alpha value is -2.29. The number of hydrogen-bond acceptors (Lipinski definition) is 4. The van der Waals surface area contributed by atoms with E-state index in [0.717, 1.165) is 43.1 Å². The molecule has 0 atom stereocenters. The molecule has 250 valence electrons. The van der Waals surface area contributed by atoms with Crippen molar-refractivity contribution in [2.24, 2.45) is 9.98 Å². The number of halogens is 4. The number of alkyl halides is 2. The maximum atomic E-state index is 13.0. The fourth-order valence-electron chi connectivity index (χ4n) is 4.02. The second kappa shape index (κ2) is 23.1. The fraction of sp³-hybridized carbons (Fsp3) is 0.472. The van der Waals surface area contributed by atoms with Crippen molar-refractivity contribution in [3.05, 3.63) is 86.0 Å². The van der Waals surface area contributed by atoms with E-state index in [9.17, 15) is 13.6 Å². The summed E-state index contributed by atoms with van der Waals surface area (Å²) < 4.78 is 26.9. The number of nitrogens with zero attached hydrogens (tertiary/aromatic N) is 3. The van der Waals surface area contributed by atoms with Crippen LogP contribution >= 0.6 is 39.3 Å². The molecule has 1 aliphatic heterocycles. The normalized spacial score (nSPS) is 13.2. The van der Waals surface area contributed by atoms with E-state index in [0.29, 0.717) is 24.9 Å². The summed E-state index contributed by atoms with van der Waals surface area (Å²) in [6, 6.07) is 13.7. The van der Waals surface area contributed by atoms with E-state index in [1.165, 1.54) is 24.2 Å². The van der Waals surface area contributed by atoms with E-state index >= 15 is 0 Å². The number of hydrogen-bond donors (Lipinski definition) is 0. The molecule has 2 aromatic carbocycles. The van der Waals surface area contributed by atoms with Crippen LogP contribution in [0.25, 0.3) is 0 Å². The minimum Gasteiger partial charge on any atom is -0.333 e. The van der Waals surface area contributed by atoms with Gasteiger partial charge in [0.1, 0.15) is 0 Å². The maximum absolute atomic E-state index is 13.0. The van der Waals surface area contributed by atoms with Crippen molar-refractivity contribution in [2.75, 3.05) is 19.8 Å². The van der Waals surface area contributed by atoms with E-state index in [1.807, 2.05) is 89.4 Å². The molecule has 45 heavy (non-hydrogen) atoms. The van der Waals surface area contributed by atoms with Crippen LogP contribution in [0.4, 0.5) is 8.78 Å². The second-order valence-corrected chi connectivity index (χ2v) is 12.5. The molecule has 0 bridgehead atoms. The molecule has 1 amide bonds. The van der Waals surface area contributed by atoms with Crippen LogP contribution in [0.1, 0.15) is 91.3 Å². The SMILES string of the molecule is CC.CCCCC.CN=C/C(Br)=C(\C)N=C(C=C(C)C)c1ccccc1Cl.CSc1ccc2c(c1)CN(C(=O)C(C)(F)F)CC2. The molecule has 0 saturated carbocycles. The van der Waals surface area contributed by atoms with Crippen molar-refractivity contribution in [3.63, 3.8) is 0 Å². The molecular weight excluding hydrogens is 676 g/mol. The molecule has 0 saturated heterocycles. The lowest BCUT2D eigenvalue weighted by Crippen LogP contribution is -2.44. The first-order chi connectivity index (χ1) is 21.3. The lowest BCUT2D eigenvalue weighted by molar-refractivity contribution is -0.155. The van der Waals surface area contributed by atoms with Gasteiger partial charge in [-0.3, -0.25) is 14.8 Å².